The van der Waals surface area contributed by atoms with Crippen LogP contribution >= 0.6 is 0 Å². The van der Waals surface area contributed by atoms with Gasteiger partial charge in [0.1, 0.15) is 11.6 Å². The predicted octanol–water partition coefficient (Wildman–Crippen LogP) is 2.24. The molecule has 0 aliphatic heterocycles. The molecule has 2 heterocycles. The molecule has 11 nitrogen and oxygen atoms in total. The van der Waals surface area contributed by atoms with E-state index in [1.54, 1.807) is 0 Å². The van der Waals surface area contributed by atoms with Crippen molar-refractivity contribution in [3.05, 3.63) is 59.7 Å². The Morgan fingerprint density at radius 2 is 1.62 bits per heavy atom. The van der Waals surface area contributed by atoms with Crippen LogP contribution in [0.2, 0.25) is 0 Å². The van der Waals surface area contributed by atoms with E-state index in [1.807, 2.05) is 43.3 Å². The first-order chi connectivity index (χ1) is 19.5. The summed E-state index contributed by atoms with van der Waals surface area (Å²) in [6, 6.07) is 13.8. The Bertz CT molecular complexity index is 1400. The van der Waals surface area contributed by atoms with Gasteiger partial charge in [0.2, 0.25) is 5.95 Å². The first-order valence-electron chi connectivity index (χ1n) is 13.9. The summed E-state index contributed by atoms with van der Waals surface area (Å²) in [4.78, 5) is 32.9. The third kappa shape index (κ3) is 7.59. The molecule has 0 saturated carbocycles. The number of rotatable bonds is 15. The molecular formula is C29H40N10O. The van der Waals surface area contributed by atoms with Crippen molar-refractivity contribution < 1.29 is 4.79 Å². The molecule has 11 heteroatoms. The number of nitrogens with zero attached hydrogens (tertiary/aromatic N) is 5. The van der Waals surface area contributed by atoms with Gasteiger partial charge in [-0.25, -0.2) is 9.97 Å². The van der Waals surface area contributed by atoms with Crippen LogP contribution in [-0.2, 0) is 6.42 Å². The zero-order valence-corrected chi connectivity index (χ0v) is 23.2. The summed E-state index contributed by atoms with van der Waals surface area (Å²) in [6.07, 6.45) is 3.71. The zero-order chi connectivity index (χ0) is 28.3. The number of aryl methyl sites for hydroxylation is 2. The molecule has 2 aromatic heterocycles. The standard InChI is InChI=1S/C29H40N10O/c1-20-35-25(38-29(32)36-20)12-3-2-6-15-33-26-21-8-4-5-11-24(21)37-27-22(26)9-7-10-23(27)28(40)34-16-19-39(17-13-30)18-14-31/h4-5,7-11H,2-3,6,12-19,30-31H2,1H3,(H,33,37)(H,34,40)(H2,32,35,36,38). The molecule has 40 heavy (non-hydrogen) atoms. The van der Waals surface area contributed by atoms with E-state index >= 15 is 0 Å². The summed E-state index contributed by atoms with van der Waals surface area (Å²) in [5, 5.41) is 8.64. The highest BCUT2D eigenvalue weighted by atomic mass is 16.1. The van der Waals surface area contributed by atoms with Gasteiger partial charge in [0.15, 0.2) is 0 Å². The number of fused-ring (bicyclic) bond motifs is 2. The lowest BCUT2D eigenvalue weighted by Crippen LogP contribution is -2.39. The van der Waals surface area contributed by atoms with E-state index in [4.69, 9.17) is 22.2 Å². The lowest BCUT2D eigenvalue weighted by molar-refractivity contribution is 0.0950. The van der Waals surface area contributed by atoms with Crippen molar-refractivity contribution >= 4 is 39.3 Å². The van der Waals surface area contributed by atoms with Crippen LogP contribution in [0.1, 0.15) is 41.3 Å². The third-order valence-electron chi connectivity index (χ3n) is 6.75. The Labute approximate surface area is 235 Å². The van der Waals surface area contributed by atoms with E-state index in [9.17, 15) is 4.79 Å². The van der Waals surface area contributed by atoms with Gasteiger partial charge in [-0.05, 0) is 31.9 Å². The van der Waals surface area contributed by atoms with Crippen molar-refractivity contribution in [2.24, 2.45) is 11.5 Å². The Kier molecular flexibility index (Phi) is 10.5. The normalized spacial score (nSPS) is 11.4. The molecular weight excluding hydrogens is 504 g/mol. The largest absolute Gasteiger partial charge is 0.384 e. The van der Waals surface area contributed by atoms with Crippen LogP contribution in [0.3, 0.4) is 0 Å². The number of aromatic nitrogens is 4. The molecule has 0 saturated heterocycles. The van der Waals surface area contributed by atoms with Crippen LogP contribution in [0.25, 0.3) is 21.8 Å². The summed E-state index contributed by atoms with van der Waals surface area (Å²) in [5.41, 5.74) is 20.2. The molecule has 4 aromatic rings. The number of para-hydroxylation sites is 2. The number of carbonyl (C=O) groups excluding carboxylic acids is 1. The molecule has 212 valence electrons. The molecule has 0 aliphatic carbocycles. The minimum Gasteiger partial charge on any atom is -0.384 e. The van der Waals surface area contributed by atoms with Gasteiger partial charge in [0.25, 0.3) is 5.91 Å². The predicted molar refractivity (Wildman–Crippen MR) is 161 cm³/mol. The second-order valence-corrected chi connectivity index (χ2v) is 9.78. The van der Waals surface area contributed by atoms with E-state index in [-0.39, 0.29) is 11.9 Å². The Balaban J connectivity index is 1.44. The third-order valence-corrected chi connectivity index (χ3v) is 6.75. The molecule has 0 radical (unpaired) electrons. The monoisotopic (exact) mass is 544 g/mol. The minimum atomic E-state index is -0.144. The number of carbonyl (C=O) groups is 1. The van der Waals surface area contributed by atoms with E-state index in [1.165, 1.54) is 0 Å². The maximum absolute atomic E-state index is 13.2. The lowest BCUT2D eigenvalue weighted by atomic mass is 10.0. The van der Waals surface area contributed by atoms with Gasteiger partial charge in [-0.15, -0.1) is 0 Å². The van der Waals surface area contributed by atoms with Crippen molar-refractivity contribution in [1.82, 2.24) is 30.2 Å². The number of nitrogens with one attached hydrogen (secondary N) is 2. The van der Waals surface area contributed by atoms with Gasteiger partial charge in [-0.2, -0.15) is 9.97 Å². The summed E-state index contributed by atoms with van der Waals surface area (Å²) in [6.45, 7) is 6.40. The number of hydrogen-bond acceptors (Lipinski definition) is 10. The topological polar surface area (TPSA) is 174 Å². The fourth-order valence-electron chi connectivity index (χ4n) is 4.88. The Morgan fingerprint density at radius 3 is 2.40 bits per heavy atom. The maximum atomic E-state index is 13.2. The molecule has 2 aromatic carbocycles. The number of amides is 1. The molecule has 0 spiro atoms. The highest BCUT2D eigenvalue weighted by Crippen LogP contribution is 2.32. The van der Waals surface area contributed by atoms with Crippen molar-refractivity contribution in [2.45, 2.75) is 32.6 Å². The van der Waals surface area contributed by atoms with E-state index in [0.717, 1.165) is 73.1 Å². The second-order valence-electron chi connectivity index (χ2n) is 9.78. The summed E-state index contributed by atoms with van der Waals surface area (Å²) >= 11 is 0. The van der Waals surface area contributed by atoms with Crippen LogP contribution in [-0.4, -0.2) is 76.6 Å². The van der Waals surface area contributed by atoms with Crippen LogP contribution in [0.4, 0.5) is 11.6 Å². The molecule has 0 bridgehead atoms. The SMILES string of the molecule is Cc1nc(N)nc(CCCCCNc2c3ccccc3nc3c(C(=O)NCCN(CCN)CCN)cccc23)n1. The highest BCUT2D eigenvalue weighted by Gasteiger charge is 2.16. The molecule has 0 fully saturated rings. The van der Waals surface area contributed by atoms with Crippen molar-refractivity contribution in [3.63, 3.8) is 0 Å². The Morgan fingerprint density at radius 1 is 0.850 bits per heavy atom. The highest BCUT2D eigenvalue weighted by molar-refractivity contribution is 6.14. The number of hydrogen-bond donors (Lipinski definition) is 5. The van der Waals surface area contributed by atoms with Gasteiger partial charge < -0.3 is 27.8 Å². The van der Waals surface area contributed by atoms with Crippen molar-refractivity contribution in [3.8, 4) is 0 Å². The first kappa shape index (κ1) is 29.1. The van der Waals surface area contributed by atoms with E-state index < -0.39 is 0 Å². The molecule has 0 aliphatic rings. The quantitative estimate of drug-likeness (QED) is 0.110. The number of nitrogen functional groups attached to an aromatic ring is 1. The lowest BCUT2D eigenvalue weighted by Gasteiger charge is -2.21. The van der Waals surface area contributed by atoms with Gasteiger partial charge in [-0.1, -0.05) is 36.8 Å². The number of anilines is 2. The van der Waals surface area contributed by atoms with E-state index in [2.05, 4.69) is 36.6 Å². The number of unbranched alkanes of at least 4 members (excludes halogenated alkanes) is 2. The summed E-state index contributed by atoms with van der Waals surface area (Å²) in [5.74, 6) is 1.51. The van der Waals surface area contributed by atoms with Gasteiger partial charge in [0, 0.05) is 63.0 Å². The first-order valence-corrected chi connectivity index (χ1v) is 13.9. The fraction of sp³-hybridized carbons (Fsp3) is 0.414. The number of nitrogens with two attached hydrogens (primary N) is 3. The maximum Gasteiger partial charge on any atom is 0.253 e. The Hall–Kier alpha value is -3.93. The fourth-order valence-corrected chi connectivity index (χ4v) is 4.88. The van der Waals surface area contributed by atoms with E-state index in [0.29, 0.717) is 43.1 Å². The molecule has 8 N–H and O–H groups in total. The summed E-state index contributed by atoms with van der Waals surface area (Å²) < 4.78 is 0. The minimum absolute atomic E-state index is 0.144. The van der Waals surface area contributed by atoms with Crippen molar-refractivity contribution in [1.29, 1.82) is 0 Å². The van der Waals surface area contributed by atoms with Gasteiger partial charge >= 0.3 is 0 Å². The summed E-state index contributed by atoms with van der Waals surface area (Å²) in [7, 11) is 0. The van der Waals surface area contributed by atoms with Gasteiger partial charge in [-0.3, -0.25) is 9.69 Å². The average molecular weight is 545 g/mol. The number of benzene rings is 2. The molecule has 4 rings (SSSR count). The van der Waals surface area contributed by atoms with Crippen molar-refractivity contribution in [2.75, 3.05) is 56.9 Å². The second kappa shape index (κ2) is 14.5. The van der Waals surface area contributed by atoms with Crippen LogP contribution in [0.15, 0.2) is 42.5 Å². The van der Waals surface area contributed by atoms with Crippen LogP contribution < -0.4 is 27.8 Å². The average Bonchev–Trinajstić information content (AvgIpc) is 2.93. The van der Waals surface area contributed by atoms with Gasteiger partial charge in [0.05, 0.1) is 22.3 Å². The van der Waals surface area contributed by atoms with Crippen LogP contribution in [0, 0.1) is 6.92 Å². The zero-order valence-electron chi connectivity index (χ0n) is 23.2. The van der Waals surface area contributed by atoms with Crippen LogP contribution in [0.5, 0.6) is 0 Å². The number of pyridine rings is 1. The molecule has 0 unspecified atom stereocenters. The molecule has 1 amide bonds. The molecule has 0 atom stereocenters. The smallest absolute Gasteiger partial charge is 0.253 e.